The van der Waals surface area contributed by atoms with Gasteiger partial charge in [-0.2, -0.15) is 0 Å². The quantitative estimate of drug-likeness (QED) is 0.556. The molecule has 0 unspecified atom stereocenters. The third-order valence-corrected chi connectivity index (χ3v) is 4.98. The Morgan fingerprint density at radius 1 is 1.28 bits per heavy atom. The molecule has 3 rings (SSSR count). The van der Waals surface area contributed by atoms with Gasteiger partial charge in [0.1, 0.15) is 5.52 Å². The molecular formula is C18H20N4O2S. The number of carbonyl (C=O) groups is 1. The van der Waals surface area contributed by atoms with Crippen LogP contribution in [0.2, 0.25) is 0 Å². The van der Waals surface area contributed by atoms with E-state index >= 15 is 0 Å². The number of rotatable bonds is 4. The van der Waals surface area contributed by atoms with E-state index in [9.17, 15) is 9.59 Å². The summed E-state index contributed by atoms with van der Waals surface area (Å²) in [6.45, 7) is 5.82. The molecule has 0 saturated carbocycles. The Kier molecular flexibility index (Phi) is 4.67. The zero-order chi connectivity index (χ0) is 18.1. The molecule has 0 atom stereocenters. The fraction of sp³-hybridized carbons (Fsp3) is 0.278. The number of benzene rings is 1. The fourth-order valence-electron chi connectivity index (χ4n) is 2.57. The van der Waals surface area contributed by atoms with Crippen molar-refractivity contribution in [1.82, 2.24) is 14.5 Å². The van der Waals surface area contributed by atoms with Crippen LogP contribution in [0.3, 0.4) is 0 Å². The van der Waals surface area contributed by atoms with E-state index < -0.39 is 0 Å². The molecule has 3 aromatic rings. The first kappa shape index (κ1) is 17.3. The molecule has 2 heterocycles. The molecule has 25 heavy (non-hydrogen) atoms. The van der Waals surface area contributed by atoms with Crippen LogP contribution in [0.5, 0.6) is 0 Å². The number of nitrogens with zero attached hydrogens (tertiary/aromatic N) is 2. The third kappa shape index (κ3) is 3.61. The number of nitrogens with one attached hydrogen (secondary N) is 2. The smallest absolute Gasteiger partial charge is 0.278 e. The van der Waals surface area contributed by atoms with E-state index in [4.69, 9.17) is 0 Å². The van der Waals surface area contributed by atoms with Crippen molar-refractivity contribution in [2.24, 2.45) is 7.05 Å². The standard InChI is InChI=1S/C18H20N4O2S/c1-10-5-6-11(2)13(7-10)20-15(23)9-25-18-21-14-8-12(3)19-16(14)17(24)22(18)4/h5-8,19H,9H2,1-4H3,(H,20,23). The second-order valence-corrected chi connectivity index (χ2v) is 7.07. The number of aromatic amines is 1. The van der Waals surface area contributed by atoms with E-state index in [-0.39, 0.29) is 17.2 Å². The van der Waals surface area contributed by atoms with Gasteiger partial charge in [0.2, 0.25) is 5.91 Å². The highest BCUT2D eigenvalue weighted by Gasteiger charge is 2.13. The summed E-state index contributed by atoms with van der Waals surface area (Å²) >= 11 is 1.25. The summed E-state index contributed by atoms with van der Waals surface area (Å²) < 4.78 is 1.47. The van der Waals surface area contributed by atoms with Gasteiger partial charge in [-0.15, -0.1) is 0 Å². The van der Waals surface area contributed by atoms with Gasteiger partial charge in [-0.1, -0.05) is 23.9 Å². The van der Waals surface area contributed by atoms with Gasteiger partial charge in [0, 0.05) is 18.4 Å². The summed E-state index contributed by atoms with van der Waals surface area (Å²) in [6.07, 6.45) is 0. The van der Waals surface area contributed by atoms with Crippen molar-refractivity contribution in [3.8, 4) is 0 Å². The zero-order valence-electron chi connectivity index (χ0n) is 14.6. The lowest BCUT2D eigenvalue weighted by Gasteiger charge is -2.10. The van der Waals surface area contributed by atoms with Crippen LogP contribution in [0.1, 0.15) is 16.8 Å². The second-order valence-electron chi connectivity index (χ2n) is 6.13. The summed E-state index contributed by atoms with van der Waals surface area (Å²) in [5, 5.41) is 3.44. The molecule has 0 saturated heterocycles. The van der Waals surface area contributed by atoms with Crippen molar-refractivity contribution >= 4 is 34.4 Å². The second kappa shape index (κ2) is 6.76. The fourth-order valence-corrected chi connectivity index (χ4v) is 3.35. The predicted molar refractivity (Wildman–Crippen MR) is 101 cm³/mol. The minimum absolute atomic E-state index is 0.127. The summed E-state index contributed by atoms with van der Waals surface area (Å²) in [4.78, 5) is 32.1. The van der Waals surface area contributed by atoms with Gasteiger partial charge < -0.3 is 10.3 Å². The van der Waals surface area contributed by atoms with E-state index in [0.717, 1.165) is 22.5 Å². The number of H-pyrrole nitrogens is 1. The van der Waals surface area contributed by atoms with Crippen LogP contribution < -0.4 is 10.9 Å². The van der Waals surface area contributed by atoms with Gasteiger partial charge in [-0.25, -0.2) is 4.98 Å². The van der Waals surface area contributed by atoms with E-state index in [0.29, 0.717) is 16.2 Å². The van der Waals surface area contributed by atoms with E-state index in [1.807, 2.05) is 45.0 Å². The molecule has 1 aromatic carbocycles. The van der Waals surface area contributed by atoms with Crippen molar-refractivity contribution in [1.29, 1.82) is 0 Å². The Hall–Kier alpha value is -2.54. The largest absolute Gasteiger partial charge is 0.353 e. The van der Waals surface area contributed by atoms with Crippen molar-refractivity contribution in [3.05, 3.63) is 51.4 Å². The minimum Gasteiger partial charge on any atom is -0.353 e. The highest BCUT2D eigenvalue weighted by atomic mass is 32.2. The Morgan fingerprint density at radius 3 is 2.80 bits per heavy atom. The minimum atomic E-state index is -0.143. The maximum Gasteiger partial charge on any atom is 0.278 e. The number of thioether (sulfide) groups is 1. The molecule has 0 aliphatic rings. The van der Waals surface area contributed by atoms with Crippen molar-refractivity contribution in [2.45, 2.75) is 25.9 Å². The molecular weight excluding hydrogens is 336 g/mol. The summed E-state index contributed by atoms with van der Waals surface area (Å²) in [7, 11) is 1.66. The molecule has 2 aromatic heterocycles. The lowest BCUT2D eigenvalue weighted by molar-refractivity contribution is -0.113. The highest BCUT2D eigenvalue weighted by molar-refractivity contribution is 7.99. The van der Waals surface area contributed by atoms with Crippen LogP contribution in [0, 0.1) is 20.8 Å². The van der Waals surface area contributed by atoms with Gasteiger partial charge in [-0.3, -0.25) is 14.2 Å². The first-order chi connectivity index (χ1) is 11.8. The van der Waals surface area contributed by atoms with E-state index in [1.54, 1.807) is 7.05 Å². The molecule has 0 fully saturated rings. The van der Waals surface area contributed by atoms with Crippen LogP contribution >= 0.6 is 11.8 Å². The number of anilines is 1. The molecule has 1 amide bonds. The number of aryl methyl sites for hydroxylation is 3. The monoisotopic (exact) mass is 356 g/mol. The lowest BCUT2D eigenvalue weighted by Crippen LogP contribution is -2.21. The number of hydrogen-bond donors (Lipinski definition) is 2. The molecule has 130 valence electrons. The van der Waals surface area contributed by atoms with Crippen LogP contribution in [0.25, 0.3) is 11.0 Å². The Morgan fingerprint density at radius 2 is 2.04 bits per heavy atom. The first-order valence-corrected chi connectivity index (χ1v) is 8.90. The molecule has 0 aliphatic carbocycles. The summed E-state index contributed by atoms with van der Waals surface area (Å²) in [6, 6.07) is 7.76. The molecule has 0 bridgehead atoms. The maximum atomic E-state index is 12.4. The average molecular weight is 356 g/mol. The van der Waals surface area contributed by atoms with Crippen molar-refractivity contribution in [3.63, 3.8) is 0 Å². The van der Waals surface area contributed by atoms with Gasteiger partial charge >= 0.3 is 0 Å². The normalized spacial score (nSPS) is 11.0. The number of fused-ring (bicyclic) bond motifs is 1. The zero-order valence-corrected chi connectivity index (χ0v) is 15.5. The Bertz CT molecular complexity index is 1020. The van der Waals surface area contributed by atoms with Crippen LogP contribution in [0.15, 0.2) is 34.2 Å². The predicted octanol–water partition coefficient (Wildman–Crippen LogP) is 2.92. The van der Waals surface area contributed by atoms with Crippen molar-refractivity contribution in [2.75, 3.05) is 11.1 Å². The molecule has 0 radical (unpaired) electrons. The number of aromatic nitrogens is 3. The van der Waals surface area contributed by atoms with Gasteiger partial charge in [-0.05, 0) is 44.0 Å². The maximum absolute atomic E-state index is 12.4. The van der Waals surface area contributed by atoms with Gasteiger partial charge in [0.25, 0.3) is 5.56 Å². The van der Waals surface area contributed by atoms with Gasteiger partial charge in [0.15, 0.2) is 5.16 Å². The molecule has 0 aliphatic heterocycles. The van der Waals surface area contributed by atoms with Gasteiger partial charge in [0.05, 0.1) is 11.3 Å². The average Bonchev–Trinajstić information content (AvgIpc) is 2.93. The molecule has 0 spiro atoms. The lowest BCUT2D eigenvalue weighted by atomic mass is 10.1. The number of carbonyl (C=O) groups excluding carboxylic acids is 1. The number of hydrogen-bond acceptors (Lipinski definition) is 4. The topological polar surface area (TPSA) is 79.8 Å². The SMILES string of the molecule is Cc1ccc(C)c(NC(=O)CSc2nc3cc(C)[nH]c3c(=O)n2C)c1. The van der Waals surface area contributed by atoms with E-state index in [2.05, 4.69) is 15.3 Å². The summed E-state index contributed by atoms with van der Waals surface area (Å²) in [5.74, 6) is 0.0565. The summed E-state index contributed by atoms with van der Waals surface area (Å²) in [5.41, 5.74) is 4.76. The molecule has 6 nitrogen and oxygen atoms in total. The number of amides is 1. The van der Waals surface area contributed by atoms with Crippen molar-refractivity contribution < 1.29 is 4.79 Å². The third-order valence-electron chi connectivity index (χ3n) is 3.95. The van der Waals surface area contributed by atoms with E-state index in [1.165, 1.54) is 16.3 Å². The molecule has 2 N–H and O–H groups in total. The highest BCUT2D eigenvalue weighted by Crippen LogP contribution is 2.20. The Balaban J connectivity index is 1.76. The van der Waals surface area contributed by atoms with Crippen LogP contribution in [-0.2, 0) is 11.8 Å². The molecule has 7 heteroatoms. The van der Waals surface area contributed by atoms with Crippen LogP contribution in [-0.4, -0.2) is 26.2 Å². The Labute approximate surface area is 149 Å². The van der Waals surface area contributed by atoms with Crippen LogP contribution in [0.4, 0.5) is 5.69 Å². The first-order valence-electron chi connectivity index (χ1n) is 7.91.